The van der Waals surface area contributed by atoms with Crippen LogP contribution in [0.25, 0.3) is 0 Å². The quantitative estimate of drug-likeness (QED) is 0.876. The summed E-state index contributed by atoms with van der Waals surface area (Å²) in [6, 6.07) is 8.01. The van der Waals surface area contributed by atoms with Gasteiger partial charge in [0.2, 0.25) is 6.10 Å². The molecule has 2 N–H and O–H groups in total. The number of nitrogens with zero attached hydrogens (tertiary/aromatic N) is 2. The zero-order chi connectivity index (χ0) is 17.4. The number of carbonyl (C=O) groups excluding carboxylic acids is 1. The van der Waals surface area contributed by atoms with E-state index in [9.17, 15) is 9.18 Å². The molecule has 1 amide bonds. The molecule has 1 saturated carbocycles. The number of aromatic nitrogens is 2. The lowest BCUT2D eigenvalue weighted by molar-refractivity contribution is -0.133. The fourth-order valence-electron chi connectivity index (χ4n) is 2.98. The number of H-pyrrole nitrogens is 1. The van der Waals surface area contributed by atoms with Crippen LogP contribution in [0.1, 0.15) is 42.6 Å². The van der Waals surface area contributed by atoms with Crippen molar-refractivity contribution in [3.05, 3.63) is 53.1 Å². The Morgan fingerprint density at radius 3 is 2.84 bits per heavy atom. The molecule has 1 aromatic heterocycles. The van der Waals surface area contributed by atoms with Gasteiger partial charge in [-0.2, -0.15) is 5.10 Å². The Morgan fingerprint density at radius 2 is 2.12 bits per heavy atom. The van der Waals surface area contributed by atoms with Gasteiger partial charge in [0.1, 0.15) is 5.82 Å². The number of amides is 1. The van der Waals surface area contributed by atoms with Gasteiger partial charge in [-0.1, -0.05) is 24.2 Å². The van der Waals surface area contributed by atoms with Gasteiger partial charge in [0.25, 0.3) is 5.91 Å². The van der Waals surface area contributed by atoms with E-state index in [2.05, 4.69) is 20.7 Å². The monoisotopic (exact) mass is 342 g/mol. The van der Waals surface area contributed by atoms with Crippen molar-refractivity contribution >= 4 is 11.6 Å². The lowest BCUT2D eigenvalue weighted by Gasteiger charge is -2.14. The average Bonchev–Trinajstić information content (AvgIpc) is 3.23. The largest absolute Gasteiger partial charge is 0.381 e. The van der Waals surface area contributed by atoms with Crippen LogP contribution in [0, 0.1) is 11.7 Å². The molecule has 0 spiro atoms. The average molecular weight is 342 g/mol. The Bertz CT molecular complexity index is 811. The summed E-state index contributed by atoms with van der Waals surface area (Å²) in [6.07, 6.45) is 1.69. The fraction of sp³-hybridized carbons (Fsp3) is 0.389. The van der Waals surface area contributed by atoms with E-state index in [-0.39, 0.29) is 17.6 Å². The zero-order valence-corrected chi connectivity index (χ0v) is 13.8. The van der Waals surface area contributed by atoms with Crippen molar-refractivity contribution in [3.63, 3.8) is 0 Å². The van der Waals surface area contributed by atoms with E-state index >= 15 is 0 Å². The molecule has 2 aromatic rings. The number of benzene rings is 1. The van der Waals surface area contributed by atoms with Crippen molar-refractivity contribution in [1.82, 2.24) is 15.5 Å². The van der Waals surface area contributed by atoms with E-state index in [1.54, 1.807) is 12.1 Å². The summed E-state index contributed by atoms with van der Waals surface area (Å²) >= 11 is 0. The molecule has 130 valence electrons. The van der Waals surface area contributed by atoms with Crippen LogP contribution in [0.3, 0.4) is 0 Å². The van der Waals surface area contributed by atoms with Crippen LogP contribution >= 0.6 is 0 Å². The van der Waals surface area contributed by atoms with Gasteiger partial charge in [-0.25, -0.2) is 4.39 Å². The first-order chi connectivity index (χ1) is 12.1. The summed E-state index contributed by atoms with van der Waals surface area (Å²) in [5, 5.41) is 14.1. The molecule has 1 fully saturated rings. The second-order valence-corrected chi connectivity index (χ2v) is 6.61. The second-order valence-electron chi connectivity index (χ2n) is 6.61. The summed E-state index contributed by atoms with van der Waals surface area (Å²) in [5.41, 5.74) is 3.35. The first kappa shape index (κ1) is 15.8. The maximum Gasteiger partial charge on any atom is 0.264 e. The Balaban J connectivity index is 1.35. The van der Waals surface area contributed by atoms with Crippen LogP contribution in [0.5, 0.6) is 0 Å². The number of rotatable bonds is 5. The van der Waals surface area contributed by atoms with Crippen molar-refractivity contribution in [2.24, 2.45) is 11.1 Å². The molecule has 0 saturated heterocycles. The van der Waals surface area contributed by atoms with Gasteiger partial charge in [0, 0.05) is 5.92 Å². The fourth-order valence-corrected chi connectivity index (χ4v) is 2.98. The summed E-state index contributed by atoms with van der Waals surface area (Å²) in [4.78, 5) is 17.7. The van der Waals surface area contributed by atoms with Crippen molar-refractivity contribution < 1.29 is 14.0 Å². The maximum atomic E-state index is 13.0. The molecule has 7 heteroatoms. The molecule has 2 heterocycles. The van der Waals surface area contributed by atoms with E-state index in [1.165, 1.54) is 25.0 Å². The van der Waals surface area contributed by atoms with E-state index in [0.29, 0.717) is 18.2 Å². The molecular weight excluding hydrogens is 323 g/mol. The third kappa shape index (κ3) is 3.26. The third-order valence-corrected chi connectivity index (χ3v) is 4.65. The predicted molar refractivity (Wildman–Crippen MR) is 89.4 cm³/mol. The van der Waals surface area contributed by atoms with Crippen molar-refractivity contribution in [2.45, 2.75) is 38.3 Å². The normalized spacial score (nSPS) is 22.4. The SMILES string of the molecule is C[C@@H]1C(c2ccc(F)cc2)=NO[C@H]1C(=O)NCc1cc(C2CC2)n[nH]1. The summed E-state index contributed by atoms with van der Waals surface area (Å²) in [6.45, 7) is 2.25. The molecule has 1 aliphatic carbocycles. The summed E-state index contributed by atoms with van der Waals surface area (Å²) in [5.74, 6) is -0.175. The Kier molecular flexibility index (Phi) is 3.99. The van der Waals surface area contributed by atoms with Crippen molar-refractivity contribution in [3.8, 4) is 0 Å². The van der Waals surface area contributed by atoms with Gasteiger partial charge in [-0.05, 0) is 36.6 Å². The Labute approximate surface area is 144 Å². The lowest BCUT2D eigenvalue weighted by Crippen LogP contribution is -2.39. The second kappa shape index (κ2) is 6.31. The lowest BCUT2D eigenvalue weighted by atomic mass is 9.94. The van der Waals surface area contributed by atoms with Crippen LogP contribution in [0.4, 0.5) is 4.39 Å². The molecule has 0 bridgehead atoms. The first-order valence-electron chi connectivity index (χ1n) is 8.43. The van der Waals surface area contributed by atoms with Gasteiger partial charge in [-0.3, -0.25) is 9.89 Å². The van der Waals surface area contributed by atoms with Crippen LogP contribution in [-0.2, 0) is 16.2 Å². The smallest absolute Gasteiger partial charge is 0.264 e. The first-order valence-corrected chi connectivity index (χ1v) is 8.43. The highest BCUT2D eigenvalue weighted by Crippen LogP contribution is 2.38. The molecular formula is C18H19FN4O2. The highest BCUT2D eigenvalue weighted by atomic mass is 19.1. The summed E-state index contributed by atoms with van der Waals surface area (Å²) < 4.78 is 13.0. The van der Waals surface area contributed by atoms with E-state index in [4.69, 9.17) is 4.84 Å². The highest BCUT2D eigenvalue weighted by molar-refractivity contribution is 6.05. The maximum absolute atomic E-state index is 13.0. The molecule has 6 nitrogen and oxygen atoms in total. The van der Waals surface area contributed by atoms with Gasteiger partial charge >= 0.3 is 0 Å². The minimum Gasteiger partial charge on any atom is -0.381 e. The number of hydrogen-bond donors (Lipinski definition) is 2. The molecule has 25 heavy (non-hydrogen) atoms. The van der Waals surface area contributed by atoms with Gasteiger partial charge in [0.15, 0.2) is 0 Å². The zero-order valence-electron chi connectivity index (χ0n) is 13.8. The molecule has 0 radical (unpaired) electrons. The Morgan fingerprint density at radius 1 is 1.36 bits per heavy atom. The molecule has 1 aliphatic heterocycles. The van der Waals surface area contributed by atoms with Crippen LogP contribution in [0.2, 0.25) is 0 Å². The minimum absolute atomic E-state index is 0.214. The number of halogens is 1. The van der Waals surface area contributed by atoms with Crippen LogP contribution < -0.4 is 5.32 Å². The van der Waals surface area contributed by atoms with Crippen LogP contribution in [-0.4, -0.2) is 27.9 Å². The predicted octanol–water partition coefficient (Wildman–Crippen LogP) is 2.48. The van der Waals surface area contributed by atoms with Gasteiger partial charge in [-0.15, -0.1) is 0 Å². The molecule has 4 rings (SSSR count). The number of nitrogens with one attached hydrogen (secondary N) is 2. The molecule has 0 unspecified atom stereocenters. The number of oxime groups is 1. The standard InChI is InChI=1S/C18H19FN4O2/c1-10-16(12-4-6-13(19)7-5-12)23-25-17(10)18(24)20-9-14-8-15(22-21-14)11-2-3-11/h4-8,10-11,17H,2-3,9H2,1H3,(H,20,24)(H,21,22)/t10-,17-/m1/s1. The molecule has 1 aromatic carbocycles. The van der Waals surface area contributed by atoms with Gasteiger partial charge in [0.05, 0.1) is 29.6 Å². The molecule has 2 aliphatic rings. The minimum atomic E-state index is -0.689. The topological polar surface area (TPSA) is 79.4 Å². The van der Waals surface area contributed by atoms with E-state index in [0.717, 1.165) is 17.0 Å². The number of carbonyl (C=O) groups is 1. The van der Waals surface area contributed by atoms with E-state index < -0.39 is 6.10 Å². The highest BCUT2D eigenvalue weighted by Gasteiger charge is 2.36. The molecule has 2 atom stereocenters. The number of aromatic amines is 1. The van der Waals surface area contributed by atoms with E-state index in [1.807, 2.05) is 13.0 Å². The van der Waals surface area contributed by atoms with Crippen molar-refractivity contribution in [1.29, 1.82) is 0 Å². The van der Waals surface area contributed by atoms with Gasteiger partial charge < -0.3 is 10.2 Å². The third-order valence-electron chi connectivity index (χ3n) is 4.65. The Hall–Kier alpha value is -2.70. The number of hydrogen-bond acceptors (Lipinski definition) is 4. The summed E-state index contributed by atoms with van der Waals surface area (Å²) in [7, 11) is 0. The van der Waals surface area contributed by atoms with Crippen LogP contribution in [0.15, 0.2) is 35.5 Å². The van der Waals surface area contributed by atoms with Crippen molar-refractivity contribution in [2.75, 3.05) is 0 Å².